The van der Waals surface area contributed by atoms with Crippen LogP contribution in [0.15, 0.2) is 12.1 Å². The van der Waals surface area contributed by atoms with Crippen LogP contribution in [0.3, 0.4) is 0 Å². The first-order valence-electron chi connectivity index (χ1n) is 8.69. The standard InChI is InChI=1S/C18H25N3O5.ClH/c1-24-14-9-13(10-15(25-2)17(14)26-3)21-11-12(8-16(21)22)18(23)20-6-4-19-5-7-20;/h9-10,12,19H,4-8,11H2,1-3H3;1H. The Balaban J connectivity index is 0.00000261. The van der Waals surface area contributed by atoms with E-state index in [2.05, 4.69) is 5.32 Å². The quantitative estimate of drug-likeness (QED) is 0.793. The molecule has 1 aromatic rings. The average Bonchev–Trinajstić information content (AvgIpc) is 3.08. The van der Waals surface area contributed by atoms with Crippen LogP contribution < -0.4 is 24.4 Å². The number of carbonyl (C=O) groups excluding carboxylic acids is 2. The van der Waals surface area contributed by atoms with E-state index in [1.54, 1.807) is 17.0 Å². The van der Waals surface area contributed by atoms with E-state index in [1.165, 1.54) is 21.3 Å². The Bertz CT molecular complexity index is 669. The lowest BCUT2D eigenvalue weighted by Crippen LogP contribution is -2.48. The highest BCUT2D eigenvalue weighted by Gasteiger charge is 2.38. The van der Waals surface area contributed by atoms with Crippen molar-refractivity contribution in [2.45, 2.75) is 6.42 Å². The van der Waals surface area contributed by atoms with Gasteiger partial charge < -0.3 is 29.3 Å². The maximum absolute atomic E-state index is 12.7. The minimum atomic E-state index is -0.320. The van der Waals surface area contributed by atoms with Gasteiger partial charge in [-0.15, -0.1) is 12.4 Å². The third-order valence-corrected chi connectivity index (χ3v) is 4.86. The number of hydrogen-bond acceptors (Lipinski definition) is 6. The lowest BCUT2D eigenvalue weighted by molar-refractivity contribution is -0.136. The number of rotatable bonds is 5. The molecule has 0 radical (unpaired) electrons. The summed E-state index contributed by atoms with van der Waals surface area (Å²) in [4.78, 5) is 28.7. The maximum Gasteiger partial charge on any atom is 0.228 e. The molecule has 150 valence electrons. The van der Waals surface area contributed by atoms with Crippen LogP contribution in [0.2, 0.25) is 0 Å². The van der Waals surface area contributed by atoms with Gasteiger partial charge in [0.05, 0.1) is 32.9 Å². The van der Waals surface area contributed by atoms with Crippen LogP contribution >= 0.6 is 12.4 Å². The first-order chi connectivity index (χ1) is 12.6. The zero-order chi connectivity index (χ0) is 18.7. The molecule has 1 N–H and O–H groups in total. The van der Waals surface area contributed by atoms with Crippen molar-refractivity contribution >= 4 is 29.9 Å². The molecule has 1 unspecified atom stereocenters. The second-order valence-electron chi connectivity index (χ2n) is 6.36. The molecule has 0 aromatic heterocycles. The number of anilines is 1. The number of halogens is 1. The van der Waals surface area contributed by atoms with Gasteiger partial charge in [0, 0.05) is 51.3 Å². The smallest absolute Gasteiger partial charge is 0.228 e. The van der Waals surface area contributed by atoms with Crippen LogP contribution in [0.5, 0.6) is 17.2 Å². The fourth-order valence-electron chi connectivity index (χ4n) is 3.49. The number of nitrogens with zero attached hydrogens (tertiary/aromatic N) is 2. The third-order valence-electron chi connectivity index (χ3n) is 4.86. The molecule has 2 aliphatic rings. The molecule has 2 fully saturated rings. The Morgan fingerprint density at radius 1 is 1.07 bits per heavy atom. The summed E-state index contributed by atoms with van der Waals surface area (Å²) in [5, 5.41) is 3.23. The number of amides is 2. The van der Waals surface area contributed by atoms with E-state index in [4.69, 9.17) is 14.2 Å². The van der Waals surface area contributed by atoms with Gasteiger partial charge in [0.1, 0.15) is 0 Å². The van der Waals surface area contributed by atoms with E-state index in [1.807, 2.05) is 4.90 Å². The van der Waals surface area contributed by atoms with E-state index in [-0.39, 0.29) is 36.6 Å². The Hall–Kier alpha value is -2.19. The summed E-state index contributed by atoms with van der Waals surface area (Å²) in [5.41, 5.74) is 0.639. The van der Waals surface area contributed by atoms with E-state index < -0.39 is 0 Å². The Kier molecular flexibility index (Phi) is 7.15. The van der Waals surface area contributed by atoms with Crippen LogP contribution in [0.4, 0.5) is 5.69 Å². The first kappa shape index (κ1) is 21.1. The summed E-state index contributed by atoms with van der Waals surface area (Å²) in [6, 6.07) is 3.47. The molecule has 1 aromatic carbocycles. The molecular weight excluding hydrogens is 374 g/mol. The molecular formula is C18H26ClN3O5. The molecule has 2 saturated heterocycles. The molecule has 2 amide bonds. The van der Waals surface area contributed by atoms with E-state index >= 15 is 0 Å². The lowest BCUT2D eigenvalue weighted by Gasteiger charge is -2.29. The summed E-state index contributed by atoms with van der Waals surface area (Å²) in [6.45, 7) is 3.33. The molecule has 1 atom stereocenters. The number of hydrogen-bond donors (Lipinski definition) is 1. The van der Waals surface area contributed by atoms with E-state index in [9.17, 15) is 9.59 Å². The predicted molar refractivity (Wildman–Crippen MR) is 103 cm³/mol. The highest BCUT2D eigenvalue weighted by molar-refractivity contribution is 6.00. The topological polar surface area (TPSA) is 80.3 Å². The highest BCUT2D eigenvalue weighted by Crippen LogP contribution is 2.42. The van der Waals surface area contributed by atoms with Crippen LogP contribution in [0.1, 0.15) is 6.42 Å². The second kappa shape index (κ2) is 9.14. The van der Waals surface area contributed by atoms with Crippen molar-refractivity contribution in [1.82, 2.24) is 10.2 Å². The Labute approximate surface area is 165 Å². The fourth-order valence-corrected chi connectivity index (χ4v) is 3.49. The van der Waals surface area contributed by atoms with Gasteiger partial charge in [-0.25, -0.2) is 0 Å². The fraction of sp³-hybridized carbons (Fsp3) is 0.556. The van der Waals surface area contributed by atoms with Gasteiger partial charge in [-0.05, 0) is 0 Å². The number of benzene rings is 1. The summed E-state index contributed by atoms with van der Waals surface area (Å²) in [7, 11) is 4.59. The average molecular weight is 400 g/mol. The first-order valence-corrected chi connectivity index (χ1v) is 8.69. The molecule has 8 nitrogen and oxygen atoms in total. The molecule has 0 spiro atoms. The Morgan fingerprint density at radius 2 is 1.67 bits per heavy atom. The van der Waals surface area contributed by atoms with Crippen LogP contribution in [-0.4, -0.2) is 70.8 Å². The van der Waals surface area contributed by atoms with Gasteiger partial charge >= 0.3 is 0 Å². The molecule has 2 aliphatic heterocycles. The monoisotopic (exact) mass is 399 g/mol. The lowest BCUT2D eigenvalue weighted by atomic mass is 10.1. The molecule has 2 heterocycles. The maximum atomic E-state index is 12.7. The van der Waals surface area contributed by atoms with Crippen molar-refractivity contribution in [2.24, 2.45) is 5.92 Å². The van der Waals surface area contributed by atoms with Gasteiger partial charge in [-0.2, -0.15) is 0 Å². The normalized spacial score (nSPS) is 19.5. The van der Waals surface area contributed by atoms with E-state index in [0.717, 1.165) is 13.1 Å². The van der Waals surface area contributed by atoms with Crippen molar-refractivity contribution in [3.8, 4) is 17.2 Å². The number of nitrogens with one attached hydrogen (secondary N) is 1. The van der Waals surface area contributed by atoms with Gasteiger partial charge in [-0.1, -0.05) is 0 Å². The van der Waals surface area contributed by atoms with Gasteiger partial charge in [0.2, 0.25) is 17.6 Å². The number of piperazine rings is 1. The number of methoxy groups -OCH3 is 3. The molecule has 0 bridgehead atoms. The molecule has 0 aliphatic carbocycles. The van der Waals surface area contributed by atoms with Crippen molar-refractivity contribution in [1.29, 1.82) is 0 Å². The van der Waals surface area contributed by atoms with Crippen molar-refractivity contribution in [3.05, 3.63) is 12.1 Å². The van der Waals surface area contributed by atoms with Crippen LogP contribution in [-0.2, 0) is 9.59 Å². The van der Waals surface area contributed by atoms with Crippen molar-refractivity contribution in [2.75, 3.05) is 59.0 Å². The summed E-state index contributed by atoms with van der Waals surface area (Å²) < 4.78 is 16.0. The molecule has 9 heteroatoms. The van der Waals surface area contributed by atoms with Gasteiger partial charge in [0.15, 0.2) is 11.5 Å². The van der Waals surface area contributed by atoms with Crippen molar-refractivity contribution < 1.29 is 23.8 Å². The Morgan fingerprint density at radius 3 is 2.19 bits per heavy atom. The minimum absolute atomic E-state index is 0. The molecule has 0 saturated carbocycles. The van der Waals surface area contributed by atoms with E-state index in [0.29, 0.717) is 42.6 Å². The predicted octanol–water partition coefficient (Wildman–Crippen LogP) is 0.919. The number of ether oxygens (including phenoxy) is 3. The van der Waals surface area contributed by atoms with Crippen LogP contribution in [0, 0.1) is 5.92 Å². The second-order valence-corrected chi connectivity index (χ2v) is 6.36. The summed E-state index contributed by atoms with van der Waals surface area (Å²) >= 11 is 0. The van der Waals surface area contributed by atoms with Gasteiger partial charge in [0.25, 0.3) is 0 Å². The highest BCUT2D eigenvalue weighted by atomic mass is 35.5. The zero-order valence-electron chi connectivity index (χ0n) is 15.8. The van der Waals surface area contributed by atoms with Gasteiger partial charge in [-0.3, -0.25) is 9.59 Å². The minimum Gasteiger partial charge on any atom is -0.493 e. The van der Waals surface area contributed by atoms with Crippen molar-refractivity contribution in [3.63, 3.8) is 0 Å². The largest absolute Gasteiger partial charge is 0.493 e. The number of carbonyl (C=O) groups is 2. The SMILES string of the molecule is COc1cc(N2CC(C(=O)N3CCNCC3)CC2=O)cc(OC)c1OC.Cl. The summed E-state index contributed by atoms with van der Waals surface area (Å²) in [5.74, 6) is 1.08. The molecule has 3 rings (SSSR count). The third kappa shape index (κ3) is 4.22. The molecule has 27 heavy (non-hydrogen) atoms. The van der Waals surface area contributed by atoms with Crippen LogP contribution in [0.25, 0.3) is 0 Å². The zero-order valence-corrected chi connectivity index (χ0v) is 16.6. The summed E-state index contributed by atoms with van der Waals surface area (Å²) in [6.07, 6.45) is 0.222.